The zero-order valence-electron chi connectivity index (χ0n) is 3.73. The monoisotopic (exact) mass is 103 g/mol. The second-order valence-corrected chi connectivity index (χ2v) is 1.13. The van der Waals surface area contributed by atoms with Crippen LogP contribution in [0.5, 0.6) is 0 Å². The van der Waals surface area contributed by atoms with Gasteiger partial charge in [-0.2, -0.15) is 0 Å². The van der Waals surface area contributed by atoms with Crippen molar-refractivity contribution in [1.29, 1.82) is 0 Å². The van der Waals surface area contributed by atoms with Crippen molar-refractivity contribution in [2.45, 2.75) is 0 Å². The third-order valence-corrected chi connectivity index (χ3v) is 0.594. The maximum Gasteiger partial charge on any atom is 0.246 e. The Balaban J connectivity index is 2.34. The van der Waals surface area contributed by atoms with E-state index in [0.717, 1.165) is 0 Å². The van der Waals surface area contributed by atoms with Crippen LogP contribution in [0.1, 0.15) is 0 Å². The van der Waals surface area contributed by atoms with Gasteiger partial charge >= 0.3 is 0 Å². The van der Waals surface area contributed by atoms with Gasteiger partial charge in [-0.05, 0) is 0 Å². The van der Waals surface area contributed by atoms with Crippen LogP contribution < -0.4 is 0 Å². The van der Waals surface area contributed by atoms with Gasteiger partial charge < -0.3 is 9.16 Å². The van der Waals surface area contributed by atoms with Crippen molar-refractivity contribution in [1.82, 2.24) is 0 Å². The third kappa shape index (κ3) is 4.14. The first-order chi connectivity index (χ1) is 2.91. The van der Waals surface area contributed by atoms with E-state index in [9.17, 15) is 0 Å². The summed E-state index contributed by atoms with van der Waals surface area (Å²) in [6, 6.07) is 0. The first-order valence-corrected chi connectivity index (χ1v) is 2.10. The summed E-state index contributed by atoms with van der Waals surface area (Å²) < 4.78 is 9.09. The van der Waals surface area contributed by atoms with Crippen molar-refractivity contribution in [2.24, 2.45) is 0 Å². The summed E-state index contributed by atoms with van der Waals surface area (Å²) in [5.41, 5.74) is 0. The lowest BCUT2D eigenvalue weighted by Crippen LogP contribution is -1.97. The van der Waals surface area contributed by atoms with E-state index < -0.39 is 0 Å². The molecule has 0 atom stereocenters. The number of hydrogen-bond donors (Lipinski definition) is 0. The predicted octanol–water partition coefficient (Wildman–Crippen LogP) is -0.267. The molecule has 0 saturated carbocycles. The van der Waals surface area contributed by atoms with Gasteiger partial charge in [-0.15, -0.1) is 0 Å². The number of methoxy groups -OCH3 is 1. The quantitative estimate of drug-likeness (QED) is 0.362. The number of rotatable bonds is 3. The van der Waals surface area contributed by atoms with E-state index in [1.54, 1.807) is 7.11 Å². The number of ether oxygens (including phenoxy) is 1. The van der Waals surface area contributed by atoms with Crippen molar-refractivity contribution < 1.29 is 9.16 Å². The van der Waals surface area contributed by atoms with Gasteiger partial charge in [0, 0.05) is 7.11 Å². The van der Waals surface area contributed by atoms with Crippen molar-refractivity contribution in [3.05, 3.63) is 0 Å². The van der Waals surface area contributed by atoms with Crippen LogP contribution >= 0.6 is 0 Å². The molecule has 0 heterocycles. The molecule has 3 radical (unpaired) electrons. The molecule has 0 unspecified atom stereocenters. The highest BCUT2D eigenvalue weighted by atomic mass is 28.2. The van der Waals surface area contributed by atoms with E-state index in [-0.39, 0.29) is 0 Å². The van der Waals surface area contributed by atoms with Crippen LogP contribution in [0.25, 0.3) is 0 Å². The van der Waals surface area contributed by atoms with E-state index in [1.165, 1.54) is 0 Å². The van der Waals surface area contributed by atoms with Gasteiger partial charge in [-0.25, -0.2) is 0 Å². The molecule has 0 amide bonds. The van der Waals surface area contributed by atoms with Gasteiger partial charge in [0.25, 0.3) is 0 Å². The third-order valence-electron chi connectivity index (χ3n) is 0.390. The molecular formula is C3H7O2Si. The molecule has 0 N–H and O–H groups in total. The Bertz CT molecular complexity index is 20.8. The average Bonchev–Trinajstić information content (AvgIpc) is 1.61. The first-order valence-electron chi connectivity index (χ1n) is 1.69. The molecule has 0 spiro atoms. The largest absolute Gasteiger partial charge is 0.416 e. The van der Waals surface area contributed by atoms with E-state index >= 15 is 0 Å². The smallest absolute Gasteiger partial charge is 0.246 e. The lowest BCUT2D eigenvalue weighted by Gasteiger charge is -1.91. The second-order valence-electron chi connectivity index (χ2n) is 0.841. The van der Waals surface area contributed by atoms with Crippen LogP contribution in [-0.4, -0.2) is 30.8 Å². The van der Waals surface area contributed by atoms with Gasteiger partial charge in [0.2, 0.25) is 10.5 Å². The molecule has 0 saturated heterocycles. The van der Waals surface area contributed by atoms with Crippen LogP contribution in [0.2, 0.25) is 0 Å². The molecule has 0 aliphatic heterocycles. The van der Waals surface area contributed by atoms with Crippen molar-refractivity contribution >= 4 is 10.5 Å². The lowest BCUT2D eigenvalue weighted by atomic mass is 10.8. The van der Waals surface area contributed by atoms with Crippen LogP contribution in [0.4, 0.5) is 0 Å². The highest BCUT2D eigenvalue weighted by molar-refractivity contribution is 5.97. The van der Waals surface area contributed by atoms with Gasteiger partial charge in [0.15, 0.2) is 0 Å². The van der Waals surface area contributed by atoms with E-state index in [0.29, 0.717) is 13.2 Å². The molecule has 0 aliphatic carbocycles. The van der Waals surface area contributed by atoms with Crippen molar-refractivity contribution in [2.75, 3.05) is 20.3 Å². The molecule has 0 rings (SSSR count). The predicted molar refractivity (Wildman–Crippen MR) is 23.6 cm³/mol. The summed E-state index contributed by atoms with van der Waals surface area (Å²) in [6.45, 7) is 1.25. The molecule has 0 aromatic rings. The van der Waals surface area contributed by atoms with Crippen LogP contribution in [0.3, 0.4) is 0 Å². The average molecular weight is 103 g/mol. The van der Waals surface area contributed by atoms with E-state index in [4.69, 9.17) is 0 Å². The van der Waals surface area contributed by atoms with Crippen LogP contribution in [0.15, 0.2) is 0 Å². The Labute approximate surface area is 41.0 Å². The minimum atomic E-state index is 0.605. The Morgan fingerprint density at radius 2 is 2.17 bits per heavy atom. The molecule has 35 valence electrons. The molecule has 0 aromatic heterocycles. The Kier molecular flexibility index (Phi) is 5.25. The van der Waals surface area contributed by atoms with Gasteiger partial charge in [-0.3, -0.25) is 0 Å². The van der Waals surface area contributed by atoms with Gasteiger partial charge in [-0.1, -0.05) is 0 Å². The normalized spacial score (nSPS) is 9.00. The molecule has 0 bridgehead atoms. The zero-order valence-corrected chi connectivity index (χ0v) is 4.73. The summed E-state index contributed by atoms with van der Waals surface area (Å²) >= 11 is 0. The Hall–Kier alpha value is 0.137. The minimum Gasteiger partial charge on any atom is -0.416 e. The molecule has 2 nitrogen and oxygen atoms in total. The minimum absolute atomic E-state index is 0.605. The topological polar surface area (TPSA) is 18.5 Å². The Morgan fingerprint density at radius 3 is 2.33 bits per heavy atom. The fourth-order valence-electron chi connectivity index (χ4n) is 0.125. The maximum absolute atomic E-state index is 4.63. The summed E-state index contributed by atoms with van der Waals surface area (Å²) in [4.78, 5) is 0. The second kappa shape index (κ2) is 5.14. The standard InChI is InChI=1S/C3H7O2Si/c1-4-2-3-5-6/h2-3H2,1H3. The van der Waals surface area contributed by atoms with E-state index in [1.807, 2.05) is 0 Å². The molecule has 0 aromatic carbocycles. The van der Waals surface area contributed by atoms with Gasteiger partial charge in [0.1, 0.15) is 0 Å². The summed E-state index contributed by atoms with van der Waals surface area (Å²) in [5, 5.41) is 0. The van der Waals surface area contributed by atoms with Crippen molar-refractivity contribution in [3.8, 4) is 0 Å². The first kappa shape index (κ1) is 6.14. The summed E-state index contributed by atoms with van der Waals surface area (Å²) in [5.74, 6) is 0. The SMILES string of the molecule is COCCO[Si]. The summed E-state index contributed by atoms with van der Waals surface area (Å²) in [7, 11) is 4.44. The molecule has 6 heavy (non-hydrogen) atoms. The van der Waals surface area contributed by atoms with Crippen LogP contribution in [-0.2, 0) is 9.16 Å². The highest BCUT2D eigenvalue weighted by Crippen LogP contribution is 1.64. The summed E-state index contributed by atoms with van der Waals surface area (Å²) in [6.07, 6.45) is 0. The zero-order chi connectivity index (χ0) is 4.83. The fraction of sp³-hybridized carbons (Fsp3) is 1.00. The molecular weight excluding hydrogens is 96.1 g/mol. The highest BCUT2D eigenvalue weighted by Gasteiger charge is 1.73. The maximum atomic E-state index is 4.63. The van der Waals surface area contributed by atoms with Crippen molar-refractivity contribution in [3.63, 3.8) is 0 Å². The fourth-order valence-corrected chi connectivity index (χ4v) is 0.208. The lowest BCUT2D eigenvalue weighted by molar-refractivity contribution is 0.152. The van der Waals surface area contributed by atoms with Gasteiger partial charge in [0.05, 0.1) is 13.2 Å². The number of hydrogen-bond acceptors (Lipinski definition) is 2. The molecule has 3 heteroatoms. The molecule has 0 aliphatic rings. The van der Waals surface area contributed by atoms with Crippen LogP contribution in [0, 0.1) is 0 Å². The van der Waals surface area contributed by atoms with E-state index in [2.05, 4.69) is 19.6 Å². The molecule has 0 fully saturated rings. The Morgan fingerprint density at radius 1 is 1.50 bits per heavy atom.